The van der Waals surface area contributed by atoms with Crippen molar-refractivity contribution >= 4 is 39.1 Å². The number of thioether (sulfide) groups is 1. The second-order valence-electron chi connectivity index (χ2n) is 5.95. The predicted molar refractivity (Wildman–Crippen MR) is 107 cm³/mol. The number of benzene rings is 2. The zero-order valence-electron chi connectivity index (χ0n) is 14.9. The highest BCUT2D eigenvalue weighted by atomic mass is 32.2. The van der Waals surface area contributed by atoms with Crippen LogP contribution in [-0.4, -0.2) is 32.4 Å². The molecule has 1 aliphatic heterocycles. The Balaban J connectivity index is 1.51. The van der Waals surface area contributed by atoms with Gasteiger partial charge in [-0.05, 0) is 53.2 Å². The van der Waals surface area contributed by atoms with Gasteiger partial charge < -0.3 is 8.92 Å². The highest BCUT2D eigenvalue weighted by Gasteiger charge is 2.24. The summed E-state index contributed by atoms with van der Waals surface area (Å²) in [7, 11) is -3.53. The molecule has 2 amide bonds. The minimum atomic E-state index is -3.53. The van der Waals surface area contributed by atoms with Gasteiger partial charge in [0, 0.05) is 6.42 Å². The number of amides is 2. The summed E-state index contributed by atoms with van der Waals surface area (Å²) in [4.78, 5) is 23.1. The molecule has 2 aromatic carbocycles. The van der Waals surface area contributed by atoms with Crippen LogP contribution in [0.25, 0.3) is 6.08 Å². The lowest BCUT2D eigenvalue weighted by molar-refractivity contribution is -0.115. The third-order valence-electron chi connectivity index (χ3n) is 3.65. The molecule has 0 unspecified atom stereocenters. The molecule has 1 N–H and O–H groups in total. The summed E-state index contributed by atoms with van der Waals surface area (Å²) in [6.07, 6.45) is 3.29. The second kappa shape index (κ2) is 8.49. The monoisotopic (exact) mass is 419 g/mol. The molecule has 0 bridgehead atoms. The summed E-state index contributed by atoms with van der Waals surface area (Å²) in [5.74, 6) is 0.565. The van der Waals surface area contributed by atoms with E-state index in [1.54, 1.807) is 54.6 Å². The van der Waals surface area contributed by atoms with Crippen molar-refractivity contribution in [2.24, 2.45) is 0 Å². The molecule has 0 aromatic heterocycles. The maximum absolute atomic E-state index is 11.5. The van der Waals surface area contributed by atoms with Crippen LogP contribution in [-0.2, 0) is 21.3 Å². The lowest BCUT2D eigenvalue weighted by Crippen LogP contribution is -2.17. The fourth-order valence-corrected chi connectivity index (χ4v) is 3.55. The number of nitrogens with one attached hydrogen (secondary N) is 1. The molecule has 0 saturated carbocycles. The average Bonchev–Trinajstić information content (AvgIpc) is 2.94. The first-order chi connectivity index (χ1) is 13.3. The molecule has 146 valence electrons. The largest absolute Gasteiger partial charge is 0.493 e. The van der Waals surface area contributed by atoms with Crippen molar-refractivity contribution < 1.29 is 26.9 Å². The van der Waals surface area contributed by atoms with Crippen LogP contribution in [0.4, 0.5) is 4.79 Å². The van der Waals surface area contributed by atoms with Crippen LogP contribution >= 0.6 is 11.8 Å². The van der Waals surface area contributed by atoms with Gasteiger partial charge in [-0.25, -0.2) is 0 Å². The van der Waals surface area contributed by atoms with Gasteiger partial charge >= 0.3 is 10.1 Å². The Kier molecular flexibility index (Phi) is 6.05. The molecule has 0 radical (unpaired) electrons. The van der Waals surface area contributed by atoms with Crippen molar-refractivity contribution in [2.45, 2.75) is 6.42 Å². The molecule has 0 atom stereocenters. The van der Waals surface area contributed by atoms with Gasteiger partial charge in [-0.15, -0.1) is 0 Å². The number of imide groups is 1. The standard InChI is InChI=1S/C19H17NO6S2/c1-28(23,24)26-16-8-2-13(3-9-16)10-11-25-15-6-4-14(5-7-15)12-17-18(21)20-19(22)27-17/h2-9,12H,10-11H2,1H3,(H,20,21,22)/b17-12-. The van der Waals surface area contributed by atoms with Crippen LogP contribution in [0.5, 0.6) is 11.5 Å². The van der Waals surface area contributed by atoms with Gasteiger partial charge in [0.1, 0.15) is 11.5 Å². The topological polar surface area (TPSA) is 98.8 Å². The number of rotatable bonds is 7. The van der Waals surface area contributed by atoms with E-state index in [0.717, 1.165) is 29.1 Å². The maximum atomic E-state index is 11.5. The van der Waals surface area contributed by atoms with E-state index < -0.39 is 10.1 Å². The minimum Gasteiger partial charge on any atom is -0.493 e. The zero-order valence-corrected chi connectivity index (χ0v) is 16.5. The zero-order chi connectivity index (χ0) is 20.1. The summed E-state index contributed by atoms with van der Waals surface area (Å²) >= 11 is 0.876. The highest BCUT2D eigenvalue weighted by Crippen LogP contribution is 2.26. The third-order valence-corrected chi connectivity index (χ3v) is 4.96. The molecule has 1 saturated heterocycles. The van der Waals surface area contributed by atoms with Crippen LogP contribution < -0.4 is 14.2 Å². The number of hydrogen-bond donors (Lipinski definition) is 1. The number of carbonyl (C=O) groups excluding carboxylic acids is 2. The van der Waals surface area contributed by atoms with Crippen molar-refractivity contribution in [3.63, 3.8) is 0 Å². The van der Waals surface area contributed by atoms with Crippen LogP contribution in [0.15, 0.2) is 53.4 Å². The molecule has 1 aliphatic rings. The lowest BCUT2D eigenvalue weighted by atomic mass is 10.1. The van der Waals surface area contributed by atoms with E-state index in [1.165, 1.54) is 0 Å². The van der Waals surface area contributed by atoms with Crippen molar-refractivity contribution in [1.82, 2.24) is 5.32 Å². The molecular formula is C19H17NO6S2. The summed E-state index contributed by atoms with van der Waals surface area (Å²) in [6.45, 7) is 0.444. The van der Waals surface area contributed by atoms with Gasteiger partial charge in [-0.3, -0.25) is 14.9 Å². The SMILES string of the molecule is CS(=O)(=O)Oc1ccc(CCOc2ccc(/C=C3\SC(=O)NC3=O)cc2)cc1. The van der Waals surface area contributed by atoms with Crippen LogP contribution in [0.1, 0.15) is 11.1 Å². The smallest absolute Gasteiger partial charge is 0.306 e. The second-order valence-corrected chi connectivity index (χ2v) is 8.54. The Morgan fingerprint density at radius 2 is 1.64 bits per heavy atom. The minimum absolute atomic E-state index is 0.271. The summed E-state index contributed by atoms with van der Waals surface area (Å²) < 4.78 is 32.7. The third kappa shape index (κ3) is 5.86. The van der Waals surface area contributed by atoms with Gasteiger partial charge in [0.2, 0.25) is 0 Å². The fourth-order valence-electron chi connectivity index (χ4n) is 2.41. The molecule has 3 rings (SSSR count). The number of ether oxygens (including phenoxy) is 1. The molecule has 28 heavy (non-hydrogen) atoms. The van der Waals surface area contributed by atoms with Gasteiger partial charge in [0.05, 0.1) is 17.8 Å². The highest BCUT2D eigenvalue weighted by molar-refractivity contribution is 8.18. The Morgan fingerprint density at radius 3 is 2.21 bits per heavy atom. The number of hydrogen-bond acceptors (Lipinski definition) is 7. The van der Waals surface area contributed by atoms with E-state index in [2.05, 4.69) is 5.32 Å². The van der Waals surface area contributed by atoms with Crippen molar-refractivity contribution in [1.29, 1.82) is 0 Å². The van der Waals surface area contributed by atoms with E-state index in [-0.39, 0.29) is 16.9 Å². The van der Waals surface area contributed by atoms with E-state index in [9.17, 15) is 18.0 Å². The van der Waals surface area contributed by atoms with Gasteiger partial charge in [-0.1, -0.05) is 24.3 Å². The van der Waals surface area contributed by atoms with Gasteiger partial charge in [0.15, 0.2) is 0 Å². The average molecular weight is 419 g/mol. The van der Waals surface area contributed by atoms with Crippen LogP contribution in [0.2, 0.25) is 0 Å². The molecule has 9 heteroatoms. The van der Waals surface area contributed by atoms with Gasteiger partial charge in [-0.2, -0.15) is 8.42 Å². The van der Waals surface area contributed by atoms with E-state index >= 15 is 0 Å². The number of carbonyl (C=O) groups is 2. The van der Waals surface area contributed by atoms with E-state index in [0.29, 0.717) is 23.7 Å². The Labute approximate surface area is 166 Å². The lowest BCUT2D eigenvalue weighted by Gasteiger charge is -2.08. The maximum Gasteiger partial charge on any atom is 0.306 e. The molecule has 7 nitrogen and oxygen atoms in total. The van der Waals surface area contributed by atoms with Gasteiger partial charge in [0.25, 0.3) is 11.1 Å². The first-order valence-electron chi connectivity index (χ1n) is 8.25. The van der Waals surface area contributed by atoms with Crippen LogP contribution in [0.3, 0.4) is 0 Å². The van der Waals surface area contributed by atoms with Crippen molar-refractivity contribution in [3.8, 4) is 11.5 Å². The Morgan fingerprint density at radius 1 is 1.00 bits per heavy atom. The normalized spacial score (nSPS) is 15.5. The molecule has 0 spiro atoms. The molecule has 2 aromatic rings. The van der Waals surface area contributed by atoms with E-state index in [4.69, 9.17) is 8.92 Å². The first-order valence-corrected chi connectivity index (χ1v) is 10.9. The van der Waals surface area contributed by atoms with Crippen LogP contribution in [0, 0.1) is 0 Å². The fraction of sp³-hybridized carbons (Fsp3) is 0.158. The molecule has 1 heterocycles. The molecule has 0 aliphatic carbocycles. The summed E-state index contributed by atoms with van der Waals surface area (Å²) in [6, 6.07) is 13.9. The predicted octanol–water partition coefficient (Wildman–Crippen LogP) is 2.97. The quantitative estimate of drug-likeness (QED) is 0.544. The molecule has 1 fully saturated rings. The summed E-state index contributed by atoms with van der Waals surface area (Å²) in [5, 5.41) is 1.84. The molecular weight excluding hydrogens is 402 g/mol. The van der Waals surface area contributed by atoms with Crippen molar-refractivity contribution in [2.75, 3.05) is 12.9 Å². The van der Waals surface area contributed by atoms with E-state index in [1.807, 2.05) is 0 Å². The Bertz CT molecular complexity index is 1010. The Hall–Kier alpha value is -2.78. The first kappa shape index (κ1) is 20.0. The van der Waals surface area contributed by atoms with Crippen molar-refractivity contribution in [3.05, 3.63) is 64.6 Å². The summed E-state index contributed by atoms with van der Waals surface area (Å²) in [5.41, 5.74) is 1.78.